The molecular weight excluding hydrogens is 308 g/mol. The lowest BCUT2D eigenvalue weighted by Crippen LogP contribution is -2.49. The molecule has 128 valence electrons. The SMILES string of the molecule is COc1ccc(CO[C@H]2O[C@@H]3CC(=O)[C@]45CCC[C@H]4[C@H]2[C@H]3O5)cc1. The van der Waals surface area contributed by atoms with Gasteiger partial charge in [0.1, 0.15) is 11.4 Å². The average molecular weight is 330 g/mol. The third kappa shape index (κ3) is 1.95. The van der Waals surface area contributed by atoms with Crippen molar-refractivity contribution in [2.24, 2.45) is 11.8 Å². The Morgan fingerprint density at radius 1 is 1.29 bits per heavy atom. The van der Waals surface area contributed by atoms with Crippen LogP contribution in [0, 0.1) is 11.8 Å². The van der Waals surface area contributed by atoms with E-state index in [1.807, 2.05) is 24.3 Å². The highest BCUT2D eigenvalue weighted by Crippen LogP contribution is 2.60. The molecule has 2 bridgehead atoms. The zero-order valence-electron chi connectivity index (χ0n) is 13.8. The van der Waals surface area contributed by atoms with Crippen molar-refractivity contribution < 1.29 is 23.7 Å². The first-order valence-electron chi connectivity index (χ1n) is 8.82. The van der Waals surface area contributed by atoms with Gasteiger partial charge in [-0.2, -0.15) is 0 Å². The molecule has 24 heavy (non-hydrogen) atoms. The summed E-state index contributed by atoms with van der Waals surface area (Å²) in [5.74, 6) is 1.55. The minimum atomic E-state index is -0.517. The van der Waals surface area contributed by atoms with Crippen LogP contribution in [0.2, 0.25) is 0 Å². The number of hydrogen-bond acceptors (Lipinski definition) is 5. The minimum absolute atomic E-state index is 0.0360. The van der Waals surface area contributed by atoms with Gasteiger partial charge in [-0.05, 0) is 37.0 Å². The molecule has 1 aliphatic carbocycles. The molecule has 0 radical (unpaired) electrons. The number of Topliss-reactive ketones (excluding diaryl/α,β-unsaturated/α-hetero) is 1. The highest BCUT2D eigenvalue weighted by Gasteiger charge is 2.70. The maximum atomic E-state index is 12.5. The molecule has 0 aromatic heterocycles. The monoisotopic (exact) mass is 330 g/mol. The van der Waals surface area contributed by atoms with Gasteiger partial charge in [0.15, 0.2) is 12.1 Å². The van der Waals surface area contributed by atoms with Crippen LogP contribution in [-0.2, 0) is 25.6 Å². The van der Waals surface area contributed by atoms with Gasteiger partial charge in [-0.1, -0.05) is 12.1 Å². The number of fused-ring (bicyclic) bond motifs is 1. The number of methoxy groups -OCH3 is 1. The molecule has 0 unspecified atom stereocenters. The lowest BCUT2D eigenvalue weighted by atomic mass is 9.81. The van der Waals surface area contributed by atoms with Crippen molar-refractivity contribution in [3.05, 3.63) is 29.8 Å². The quantitative estimate of drug-likeness (QED) is 0.849. The molecule has 0 amide bonds. The number of rotatable bonds is 4. The van der Waals surface area contributed by atoms with Crippen LogP contribution in [0.25, 0.3) is 0 Å². The van der Waals surface area contributed by atoms with Gasteiger partial charge in [0.25, 0.3) is 0 Å². The highest BCUT2D eigenvalue weighted by molar-refractivity contribution is 5.90. The molecule has 5 nitrogen and oxygen atoms in total. The molecule has 1 spiro atoms. The first-order valence-corrected chi connectivity index (χ1v) is 8.82. The average Bonchev–Trinajstić information content (AvgIpc) is 3.22. The molecule has 4 fully saturated rings. The maximum absolute atomic E-state index is 12.5. The summed E-state index contributed by atoms with van der Waals surface area (Å²) in [5, 5.41) is 0. The van der Waals surface area contributed by atoms with Crippen LogP contribution in [0.1, 0.15) is 31.2 Å². The van der Waals surface area contributed by atoms with Gasteiger partial charge in [0, 0.05) is 18.3 Å². The van der Waals surface area contributed by atoms with Crippen molar-refractivity contribution in [2.75, 3.05) is 7.11 Å². The summed E-state index contributed by atoms with van der Waals surface area (Å²) in [6, 6.07) is 7.87. The smallest absolute Gasteiger partial charge is 0.167 e. The predicted molar refractivity (Wildman–Crippen MR) is 84.5 cm³/mol. The van der Waals surface area contributed by atoms with Gasteiger partial charge in [0.05, 0.1) is 25.9 Å². The van der Waals surface area contributed by atoms with Crippen molar-refractivity contribution in [1.82, 2.24) is 0 Å². The maximum Gasteiger partial charge on any atom is 0.167 e. The molecule has 1 saturated carbocycles. The number of ketones is 1. The molecule has 6 atom stereocenters. The Morgan fingerprint density at radius 3 is 2.92 bits per heavy atom. The van der Waals surface area contributed by atoms with E-state index >= 15 is 0 Å². The third-order valence-electron chi connectivity index (χ3n) is 6.27. The zero-order chi connectivity index (χ0) is 16.3. The summed E-state index contributed by atoms with van der Waals surface area (Å²) in [7, 11) is 1.66. The highest BCUT2D eigenvalue weighted by atomic mass is 16.7. The first-order chi connectivity index (χ1) is 11.7. The van der Waals surface area contributed by atoms with Gasteiger partial charge in [-0.3, -0.25) is 4.79 Å². The Bertz CT molecular complexity index is 656. The Hall–Kier alpha value is -1.43. The van der Waals surface area contributed by atoms with Gasteiger partial charge >= 0.3 is 0 Å². The topological polar surface area (TPSA) is 54.0 Å². The predicted octanol–water partition coefficient (Wildman–Crippen LogP) is 2.46. The second kappa shape index (κ2) is 5.28. The lowest BCUT2D eigenvalue weighted by Gasteiger charge is -2.36. The lowest BCUT2D eigenvalue weighted by molar-refractivity contribution is -0.198. The van der Waals surface area contributed by atoms with Crippen LogP contribution in [0.4, 0.5) is 0 Å². The second-order valence-electron chi connectivity index (χ2n) is 7.38. The van der Waals surface area contributed by atoms with E-state index in [-0.39, 0.29) is 36.1 Å². The minimum Gasteiger partial charge on any atom is -0.497 e. The molecule has 1 aromatic carbocycles. The Labute approximate surface area is 141 Å². The fourth-order valence-corrected chi connectivity index (χ4v) is 5.19. The van der Waals surface area contributed by atoms with E-state index in [1.165, 1.54) is 0 Å². The molecule has 5 rings (SSSR count). The number of carbonyl (C=O) groups excluding carboxylic acids is 1. The van der Waals surface area contributed by atoms with Crippen molar-refractivity contribution in [2.45, 2.75) is 56.4 Å². The number of benzene rings is 1. The van der Waals surface area contributed by atoms with Crippen LogP contribution in [0.15, 0.2) is 24.3 Å². The van der Waals surface area contributed by atoms with Crippen molar-refractivity contribution >= 4 is 5.78 Å². The summed E-state index contributed by atoms with van der Waals surface area (Å²) in [6.07, 6.45) is 3.12. The number of ether oxygens (including phenoxy) is 4. The summed E-state index contributed by atoms with van der Waals surface area (Å²) in [4.78, 5) is 12.5. The molecular formula is C19H22O5. The number of hydrogen-bond donors (Lipinski definition) is 0. The van der Waals surface area contributed by atoms with E-state index in [9.17, 15) is 4.79 Å². The fourth-order valence-electron chi connectivity index (χ4n) is 5.19. The Kier molecular flexibility index (Phi) is 3.27. The van der Waals surface area contributed by atoms with Crippen molar-refractivity contribution in [3.8, 4) is 5.75 Å². The van der Waals surface area contributed by atoms with Gasteiger partial charge in [0.2, 0.25) is 0 Å². The van der Waals surface area contributed by atoms with E-state index < -0.39 is 5.60 Å². The van der Waals surface area contributed by atoms with E-state index in [0.29, 0.717) is 13.0 Å². The van der Waals surface area contributed by atoms with Crippen LogP contribution in [0.5, 0.6) is 5.75 Å². The van der Waals surface area contributed by atoms with E-state index in [2.05, 4.69) is 0 Å². The van der Waals surface area contributed by atoms with Gasteiger partial charge in [-0.25, -0.2) is 0 Å². The fraction of sp³-hybridized carbons (Fsp3) is 0.632. The van der Waals surface area contributed by atoms with E-state index in [4.69, 9.17) is 18.9 Å². The Balaban J connectivity index is 1.33. The van der Waals surface area contributed by atoms with Crippen LogP contribution >= 0.6 is 0 Å². The van der Waals surface area contributed by atoms with E-state index in [1.54, 1.807) is 7.11 Å². The summed E-state index contributed by atoms with van der Waals surface area (Å²) in [6.45, 7) is 0.498. The molecule has 0 N–H and O–H groups in total. The standard InChI is InChI=1S/C19H22O5/c1-21-12-6-4-11(5-7-12)10-22-18-16-13-3-2-8-19(13)15(20)9-14(23-18)17(16)24-19/h4-7,13-14,16-18H,2-3,8-10H2,1H3/t13-,14+,16-,17-,18-,19-/m0/s1. The molecule has 3 saturated heterocycles. The molecule has 1 aromatic rings. The van der Waals surface area contributed by atoms with Crippen LogP contribution < -0.4 is 4.74 Å². The van der Waals surface area contributed by atoms with E-state index in [0.717, 1.165) is 30.6 Å². The first kappa shape index (κ1) is 14.9. The largest absolute Gasteiger partial charge is 0.497 e. The number of carbonyl (C=O) groups is 1. The Morgan fingerprint density at radius 2 is 2.12 bits per heavy atom. The molecule has 3 aliphatic heterocycles. The van der Waals surface area contributed by atoms with Crippen molar-refractivity contribution in [1.29, 1.82) is 0 Å². The van der Waals surface area contributed by atoms with Crippen LogP contribution in [0.3, 0.4) is 0 Å². The summed E-state index contributed by atoms with van der Waals surface area (Å²) < 4.78 is 23.6. The van der Waals surface area contributed by atoms with Crippen molar-refractivity contribution in [3.63, 3.8) is 0 Å². The molecule has 3 heterocycles. The second-order valence-corrected chi connectivity index (χ2v) is 7.38. The molecule has 4 aliphatic rings. The van der Waals surface area contributed by atoms with Crippen LogP contribution in [-0.4, -0.2) is 37.0 Å². The summed E-state index contributed by atoms with van der Waals surface area (Å²) >= 11 is 0. The summed E-state index contributed by atoms with van der Waals surface area (Å²) in [5.41, 5.74) is 0.571. The molecule has 5 heteroatoms. The van der Waals surface area contributed by atoms with Gasteiger partial charge < -0.3 is 18.9 Å². The normalized spacial score (nSPS) is 42.4. The zero-order valence-corrected chi connectivity index (χ0v) is 13.8. The van der Waals surface area contributed by atoms with Gasteiger partial charge in [-0.15, -0.1) is 0 Å². The third-order valence-corrected chi connectivity index (χ3v) is 6.27.